The van der Waals surface area contributed by atoms with Crippen LogP contribution in [0.1, 0.15) is 39.8 Å². The lowest BCUT2D eigenvalue weighted by Gasteiger charge is -2.51. The highest BCUT2D eigenvalue weighted by Gasteiger charge is 2.47. The van der Waals surface area contributed by atoms with Gasteiger partial charge in [0.25, 0.3) is 0 Å². The summed E-state index contributed by atoms with van der Waals surface area (Å²) in [4.78, 5) is 4.57. The van der Waals surface area contributed by atoms with Crippen LogP contribution < -0.4 is 0 Å². The van der Waals surface area contributed by atoms with Crippen LogP contribution >= 0.6 is 0 Å². The van der Waals surface area contributed by atoms with E-state index in [-0.39, 0.29) is 17.3 Å². The van der Waals surface area contributed by atoms with Gasteiger partial charge in [-0.05, 0) is 54.7 Å². The van der Waals surface area contributed by atoms with Crippen LogP contribution in [0.25, 0.3) is 17.2 Å². The normalized spacial score (nSPS) is 30.3. The Hall–Kier alpha value is -2.26. The van der Waals surface area contributed by atoms with Crippen molar-refractivity contribution < 1.29 is 9.13 Å². The summed E-state index contributed by atoms with van der Waals surface area (Å²) < 4.78 is 19.8. The molecule has 1 aliphatic carbocycles. The van der Waals surface area contributed by atoms with E-state index in [0.717, 1.165) is 17.7 Å². The first-order valence-corrected chi connectivity index (χ1v) is 10.9. The van der Waals surface area contributed by atoms with Crippen molar-refractivity contribution in [3.8, 4) is 11.1 Å². The molecule has 0 N–H and O–H groups in total. The molecule has 0 amide bonds. The molecule has 0 spiro atoms. The summed E-state index contributed by atoms with van der Waals surface area (Å²) in [7, 11) is 1.79. The molecule has 1 heterocycles. The molecular weight excluding hydrogens is 373 g/mol. The number of hydrogen-bond donors (Lipinski definition) is 0. The van der Waals surface area contributed by atoms with Gasteiger partial charge in [0.2, 0.25) is 0 Å². The molecule has 160 valence electrons. The maximum atomic E-state index is 14.0. The van der Waals surface area contributed by atoms with Gasteiger partial charge in [-0.3, -0.25) is 4.98 Å². The van der Waals surface area contributed by atoms with Crippen LogP contribution in [0.4, 0.5) is 4.39 Å². The monoisotopic (exact) mass is 407 g/mol. The molecule has 0 radical (unpaired) electrons. The van der Waals surface area contributed by atoms with Crippen LogP contribution in [0, 0.1) is 34.9 Å². The van der Waals surface area contributed by atoms with Gasteiger partial charge < -0.3 is 4.74 Å². The Morgan fingerprint density at radius 2 is 1.97 bits per heavy atom. The SMILES string of the molecule is C=CC1(C)CC(C)C(C)C(/C=C/c2ccc(-c3ccccc3F)cn2)C1C(C)OC. The second-order valence-electron chi connectivity index (χ2n) is 9.11. The van der Waals surface area contributed by atoms with Gasteiger partial charge in [0.05, 0.1) is 11.8 Å². The van der Waals surface area contributed by atoms with Gasteiger partial charge in [-0.15, -0.1) is 6.58 Å². The Morgan fingerprint density at radius 1 is 1.23 bits per heavy atom. The third kappa shape index (κ3) is 4.41. The summed E-state index contributed by atoms with van der Waals surface area (Å²) in [6.45, 7) is 13.3. The third-order valence-electron chi connectivity index (χ3n) is 7.25. The minimum atomic E-state index is -0.229. The maximum absolute atomic E-state index is 14.0. The van der Waals surface area contributed by atoms with E-state index in [1.54, 1.807) is 25.4 Å². The van der Waals surface area contributed by atoms with E-state index in [4.69, 9.17) is 4.74 Å². The van der Waals surface area contributed by atoms with E-state index in [1.807, 2.05) is 18.2 Å². The second-order valence-corrected chi connectivity index (χ2v) is 9.11. The molecule has 2 nitrogen and oxygen atoms in total. The van der Waals surface area contributed by atoms with E-state index < -0.39 is 0 Å². The summed E-state index contributed by atoms with van der Waals surface area (Å²) in [5.41, 5.74) is 2.27. The molecule has 0 saturated heterocycles. The summed E-state index contributed by atoms with van der Waals surface area (Å²) in [5.74, 6) is 1.61. The van der Waals surface area contributed by atoms with Crippen LogP contribution in [-0.4, -0.2) is 18.2 Å². The lowest BCUT2D eigenvalue weighted by molar-refractivity contribution is -0.0541. The zero-order valence-electron chi connectivity index (χ0n) is 18.8. The highest BCUT2D eigenvalue weighted by atomic mass is 19.1. The lowest BCUT2D eigenvalue weighted by Crippen LogP contribution is -2.48. The Balaban J connectivity index is 1.88. The molecule has 3 rings (SSSR count). The average molecular weight is 408 g/mol. The van der Waals surface area contributed by atoms with Crippen LogP contribution in [0.5, 0.6) is 0 Å². The molecule has 1 aromatic carbocycles. The fraction of sp³-hybridized carbons (Fsp3) is 0.444. The number of benzene rings is 1. The highest BCUT2D eigenvalue weighted by Crippen LogP contribution is 2.52. The van der Waals surface area contributed by atoms with E-state index in [9.17, 15) is 4.39 Å². The quantitative estimate of drug-likeness (QED) is 0.479. The molecule has 1 aliphatic rings. The third-order valence-corrected chi connectivity index (χ3v) is 7.25. The molecule has 6 unspecified atom stereocenters. The minimum absolute atomic E-state index is 0.0263. The second kappa shape index (κ2) is 9.26. The van der Waals surface area contributed by atoms with E-state index in [0.29, 0.717) is 29.2 Å². The number of nitrogens with zero attached hydrogens (tertiary/aromatic N) is 1. The summed E-state index contributed by atoms with van der Waals surface area (Å²) >= 11 is 0. The van der Waals surface area contributed by atoms with Crippen molar-refractivity contribution in [3.05, 3.63) is 72.8 Å². The van der Waals surface area contributed by atoms with Gasteiger partial charge in [-0.25, -0.2) is 4.39 Å². The lowest BCUT2D eigenvalue weighted by atomic mass is 9.54. The van der Waals surface area contributed by atoms with Crippen LogP contribution in [0.15, 0.2) is 61.3 Å². The first-order chi connectivity index (χ1) is 14.3. The van der Waals surface area contributed by atoms with E-state index in [1.165, 1.54) is 6.07 Å². The number of pyridine rings is 1. The van der Waals surface area contributed by atoms with Crippen molar-refractivity contribution in [2.24, 2.45) is 29.1 Å². The topological polar surface area (TPSA) is 22.1 Å². The van der Waals surface area contributed by atoms with Crippen LogP contribution in [-0.2, 0) is 4.74 Å². The minimum Gasteiger partial charge on any atom is -0.381 e. The van der Waals surface area contributed by atoms with Crippen molar-refractivity contribution in [2.45, 2.75) is 40.2 Å². The number of hydrogen-bond acceptors (Lipinski definition) is 2. The molecule has 2 aromatic rings. The Labute approximate surface area is 180 Å². The number of rotatable bonds is 6. The molecule has 0 aliphatic heterocycles. The van der Waals surface area contributed by atoms with Crippen molar-refractivity contribution in [3.63, 3.8) is 0 Å². The maximum Gasteiger partial charge on any atom is 0.131 e. The van der Waals surface area contributed by atoms with Gasteiger partial charge in [-0.2, -0.15) is 0 Å². The fourth-order valence-electron chi connectivity index (χ4n) is 5.24. The van der Waals surface area contributed by atoms with Crippen LogP contribution in [0.2, 0.25) is 0 Å². The van der Waals surface area contributed by atoms with Gasteiger partial charge in [-0.1, -0.05) is 57.2 Å². The van der Waals surface area contributed by atoms with Gasteiger partial charge in [0.15, 0.2) is 0 Å². The largest absolute Gasteiger partial charge is 0.381 e. The summed E-state index contributed by atoms with van der Waals surface area (Å²) in [5, 5.41) is 0. The van der Waals surface area contributed by atoms with Crippen LogP contribution in [0.3, 0.4) is 0 Å². The number of methoxy groups -OCH3 is 1. The summed E-state index contributed by atoms with van der Waals surface area (Å²) in [6.07, 6.45) is 9.52. The van der Waals surface area contributed by atoms with Gasteiger partial charge in [0.1, 0.15) is 5.82 Å². The predicted octanol–water partition coefficient (Wildman–Crippen LogP) is 7.04. The smallest absolute Gasteiger partial charge is 0.131 e. The molecule has 30 heavy (non-hydrogen) atoms. The standard InChI is InChI=1S/C27H34FNO/c1-7-27(5)16-18(2)19(3)23(26(27)20(4)30-6)15-14-22-13-12-21(17-29-22)24-10-8-9-11-25(24)28/h7-15,17-20,23,26H,1,16H2,2-6H3/b15-14+. The van der Waals surface area contributed by atoms with Crippen molar-refractivity contribution in [1.82, 2.24) is 4.98 Å². The molecule has 1 fully saturated rings. The first kappa shape index (κ1) is 22.4. The molecule has 1 saturated carbocycles. The van der Waals surface area contributed by atoms with Crippen molar-refractivity contribution in [1.29, 1.82) is 0 Å². The molecular formula is C27H34FNO. The first-order valence-electron chi connectivity index (χ1n) is 10.9. The zero-order chi connectivity index (χ0) is 21.9. The highest BCUT2D eigenvalue weighted by molar-refractivity contribution is 5.64. The Bertz CT molecular complexity index is 890. The van der Waals surface area contributed by atoms with Crippen molar-refractivity contribution in [2.75, 3.05) is 7.11 Å². The molecule has 0 bridgehead atoms. The number of ether oxygens (including phenoxy) is 1. The number of allylic oxidation sites excluding steroid dienone is 2. The number of halogens is 1. The van der Waals surface area contributed by atoms with Gasteiger partial charge in [0, 0.05) is 30.4 Å². The summed E-state index contributed by atoms with van der Waals surface area (Å²) in [6, 6.07) is 10.7. The molecule has 1 aromatic heterocycles. The zero-order valence-corrected chi connectivity index (χ0v) is 18.8. The Kier molecular flexibility index (Phi) is 6.92. The Morgan fingerprint density at radius 3 is 2.57 bits per heavy atom. The van der Waals surface area contributed by atoms with Gasteiger partial charge >= 0.3 is 0 Å². The molecule has 3 heteroatoms. The fourth-order valence-corrected chi connectivity index (χ4v) is 5.24. The number of aromatic nitrogens is 1. The van der Waals surface area contributed by atoms with E-state index >= 15 is 0 Å². The average Bonchev–Trinajstić information content (AvgIpc) is 2.75. The van der Waals surface area contributed by atoms with E-state index in [2.05, 4.69) is 57.5 Å². The molecule has 6 atom stereocenters. The van der Waals surface area contributed by atoms with Crippen molar-refractivity contribution >= 4 is 6.08 Å². The predicted molar refractivity (Wildman–Crippen MR) is 123 cm³/mol.